The number of carbonyl (C=O) groups excluding carboxylic acids is 1. The summed E-state index contributed by atoms with van der Waals surface area (Å²) in [5.74, 6) is -3.04. The summed E-state index contributed by atoms with van der Waals surface area (Å²) in [6.45, 7) is 5.48. The first kappa shape index (κ1) is 20.5. The summed E-state index contributed by atoms with van der Waals surface area (Å²) in [4.78, 5) is 22.7. The molecule has 0 spiro atoms. The molecule has 0 unspecified atom stereocenters. The molecule has 3 N–H and O–H groups in total. The predicted molar refractivity (Wildman–Crippen MR) is 114 cm³/mol. The molecule has 0 saturated carbocycles. The monoisotopic (exact) mass is 425 g/mol. The molecule has 1 fully saturated rings. The Kier molecular flexibility index (Phi) is 5.18. The lowest BCUT2D eigenvalue weighted by molar-refractivity contribution is 0.0257. The van der Waals surface area contributed by atoms with Crippen molar-refractivity contribution in [3.05, 3.63) is 58.6 Å². The minimum Gasteiger partial charge on any atom is -0.444 e. The number of rotatable bonds is 4. The number of nitrogens with two attached hydrogens (primary N) is 1. The summed E-state index contributed by atoms with van der Waals surface area (Å²) in [7, 11) is 0. The summed E-state index contributed by atoms with van der Waals surface area (Å²) in [5.41, 5.74) is 7.97. The molecule has 160 valence electrons. The second-order valence-corrected chi connectivity index (χ2v) is 7.44. The first-order valence-electron chi connectivity index (χ1n) is 9.63. The fourth-order valence-corrected chi connectivity index (χ4v) is 3.48. The number of nitrogens with one attached hydrogen (secondary N) is 1. The number of aromatic nitrogens is 2. The molecule has 0 bridgehead atoms. The lowest BCUT2D eigenvalue weighted by Gasteiger charge is -2.22. The van der Waals surface area contributed by atoms with Crippen LogP contribution in [-0.2, 0) is 0 Å². The molecule has 0 radical (unpaired) electrons. The second-order valence-electron chi connectivity index (χ2n) is 7.44. The van der Waals surface area contributed by atoms with Gasteiger partial charge in [0.2, 0.25) is 5.89 Å². The van der Waals surface area contributed by atoms with Crippen LogP contribution in [-0.4, -0.2) is 34.9 Å². The first-order chi connectivity index (χ1) is 14.8. The molecule has 31 heavy (non-hydrogen) atoms. The normalized spacial score (nSPS) is 16.0. The van der Waals surface area contributed by atoms with E-state index in [2.05, 4.69) is 21.9 Å². The van der Waals surface area contributed by atoms with Gasteiger partial charge in [-0.15, -0.1) is 0 Å². The molecule has 1 amide bonds. The number of hydrogen-bond acceptors (Lipinski definition) is 6. The van der Waals surface area contributed by atoms with Crippen LogP contribution in [0.1, 0.15) is 22.6 Å². The van der Waals surface area contributed by atoms with Gasteiger partial charge in [-0.05, 0) is 41.6 Å². The third-order valence-corrected chi connectivity index (χ3v) is 5.08. The van der Waals surface area contributed by atoms with Crippen LogP contribution in [0.5, 0.6) is 0 Å². The standard InChI is InChI=1S/C22H21F2N5O2/c1-13-7-19(29-6-4-22(23,24)12-29)17(9-16(13)10-25)27-20(30)18-11-31-21(28-18)15-3-5-26-14(2)8-15/h3,5,7-11H,1,4,6,12,25H2,2H3,(H,27,30)/b16-10-. The minimum atomic E-state index is -2.79. The molecular weight excluding hydrogens is 404 g/mol. The molecule has 9 heteroatoms. The van der Waals surface area contributed by atoms with E-state index in [1.807, 2.05) is 6.92 Å². The number of benzene rings is 1. The van der Waals surface area contributed by atoms with E-state index in [9.17, 15) is 13.6 Å². The highest BCUT2D eigenvalue weighted by atomic mass is 19.3. The maximum absolute atomic E-state index is 13.8. The Labute approximate surface area is 176 Å². The lowest BCUT2D eigenvalue weighted by atomic mass is 10.1. The number of nitrogens with zero attached hydrogens (tertiary/aromatic N) is 3. The Morgan fingerprint density at radius 3 is 2.87 bits per heavy atom. The third-order valence-electron chi connectivity index (χ3n) is 5.08. The Morgan fingerprint density at radius 1 is 1.39 bits per heavy atom. The summed E-state index contributed by atoms with van der Waals surface area (Å²) in [6, 6.07) is 6.76. The van der Waals surface area contributed by atoms with Crippen molar-refractivity contribution < 1.29 is 18.0 Å². The third kappa shape index (κ3) is 4.25. The van der Waals surface area contributed by atoms with Crippen LogP contribution in [0, 0.1) is 6.92 Å². The Hall–Kier alpha value is -3.75. The number of pyridine rings is 1. The van der Waals surface area contributed by atoms with E-state index in [-0.39, 0.29) is 24.6 Å². The van der Waals surface area contributed by atoms with Crippen molar-refractivity contribution >= 4 is 30.1 Å². The van der Waals surface area contributed by atoms with Crippen molar-refractivity contribution in [1.82, 2.24) is 9.97 Å². The van der Waals surface area contributed by atoms with E-state index in [1.165, 1.54) is 17.4 Å². The molecule has 3 heterocycles. The number of anilines is 2. The highest BCUT2D eigenvalue weighted by molar-refractivity contribution is 6.04. The summed E-state index contributed by atoms with van der Waals surface area (Å²) in [6.07, 6.45) is 3.96. The van der Waals surface area contributed by atoms with Crippen LogP contribution in [0.25, 0.3) is 24.2 Å². The number of aryl methyl sites for hydroxylation is 1. The Morgan fingerprint density at radius 2 is 2.19 bits per heavy atom. The molecule has 1 aromatic carbocycles. The lowest BCUT2D eigenvalue weighted by Crippen LogP contribution is -2.31. The summed E-state index contributed by atoms with van der Waals surface area (Å²) < 4.78 is 33.0. The molecular formula is C22H21F2N5O2. The highest BCUT2D eigenvalue weighted by Crippen LogP contribution is 2.34. The quantitative estimate of drug-likeness (QED) is 0.666. The largest absolute Gasteiger partial charge is 0.444 e. The molecule has 1 aliphatic rings. The number of oxazole rings is 1. The Balaban J connectivity index is 1.64. The van der Waals surface area contributed by atoms with Gasteiger partial charge in [0.25, 0.3) is 11.8 Å². The SMILES string of the molecule is C=c1cc(N2CCC(F)(F)C2)c(NC(=O)c2coc(-c3ccnc(C)c3)n2)c/c1=C/N. The second kappa shape index (κ2) is 7.82. The van der Waals surface area contributed by atoms with Crippen molar-refractivity contribution in [1.29, 1.82) is 0 Å². The van der Waals surface area contributed by atoms with E-state index in [4.69, 9.17) is 10.2 Å². The van der Waals surface area contributed by atoms with Crippen molar-refractivity contribution in [2.24, 2.45) is 5.73 Å². The zero-order chi connectivity index (χ0) is 22.2. The highest BCUT2D eigenvalue weighted by Gasteiger charge is 2.39. The fourth-order valence-electron chi connectivity index (χ4n) is 3.48. The van der Waals surface area contributed by atoms with E-state index in [0.29, 0.717) is 27.4 Å². The van der Waals surface area contributed by atoms with Crippen molar-refractivity contribution in [2.45, 2.75) is 19.3 Å². The minimum absolute atomic E-state index is 0.0548. The van der Waals surface area contributed by atoms with Gasteiger partial charge in [0.15, 0.2) is 5.69 Å². The van der Waals surface area contributed by atoms with Crippen LogP contribution in [0.4, 0.5) is 20.2 Å². The van der Waals surface area contributed by atoms with Crippen LogP contribution >= 0.6 is 0 Å². The summed E-state index contributed by atoms with van der Waals surface area (Å²) in [5, 5.41) is 3.90. The number of alkyl halides is 2. The first-order valence-corrected chi connectivity index (χ1v) is 9.63. The van der Waals surface area contributed by atoms with Gasteiger partial charge < -0.3 is 20.4 Å². The van der Waals surface area contributed by atoms with Gasteiger partial charge in [0.05, 0.1) is 17.9 Å². The zero-order valence-electron chi connectivity index (χ0n) is 16.9. The van der Waals surface area contributed by atoms with E-state index in [0.717, 1.165) is 5.69 Å². The Bertz CT molecular complexity index is 1260. The van der Waals surface area contributed by atoms with Crippen LogP contribution < -0.4 is 26.4 Å². The van der Waals surface area contributed by atoms with Gasteiger partial charge in [-0.1, -0.05) is 6.58 Å². The molecule has 0 aliphatic carbocycles. The molecule has 4 rings (SSSR count). The average Bonchev–Trinajstić information content (AvgIpc) is 3.36. The topological polar surface area (TPSA) is 97.3 Å². The predicted octanol–water partition coefficient (Wildman–Crippen LogP) is 2.25. The number of carbonyl (C=O) groups is 1. The van der Waals surface area contributed by atoms with Crippen molar-refractivity contribution in [3.8, 4) is 11.5 Å². The van der Waals surface area contributed by atoms with Crippen LogP contribution in [0.15, 0.2) is 41.1 Å². The molecule has 2 aromatic heterocycles. The molecule has 7 nitrogen and oxygen atoms in total. The molecule has 1 saturated heterocycles. The molecule has 1 aliphatic heterocycles. The zero-order valence-corrected chi connectivity index (χ0v) is 16.9. The van der Waals surface area contributed by atoms with Crippen LogP contribution in [0.3, 0.4) is 0 Å². The van der Waals surface area contributed by atoms with E-state index >= 15 is 0 Å². The van der Waals surface area contributed by atoms with Gasteiger partial charge in [0, 0.05) is 36.6 Å². The maximum atomic E-state index is 13.8. The van der Waals surface area contributed by atoms with Gasteiger partial charge in [-0.3, -0.25) is 9.78 Å². The molecule has 0 atom stereocenters. The van der Waals surface area contributed by atoms with Crippen molar-refractivity contribution in [3.63, 3.8) is 0 Å². The van der Waals surface area contributed by atoms with Gasteiger partial charge in [-0.25, -0.2) is 13.8 Å². The van der Waals surface area contributed by atoms with Crippen LogP contribution in [0.2, 0.25) is 0 Å². The van der Waals surface area contributed by atoms with E-state index in [1.54, 1.807) is 30.5 Å². The van der Waals surface area contributed by atoms with E-state index < -0.39 is 18.4 Å². The smallest absolute Gasteiger partial charge is 0.277 e. The van der Waals surface area contributed by atoms with Gasteiger partial charge in [-0.2, -0.15) is 0 Å². The van der Waals surface area contributed by atoms with Gasteiger partial charge in [0.1, 0.15) is 6.26 Å². The van der Waals surface area contributed by atoms with Crippen molar-refractivity contribution in [2.75, 3.05) is 23.3 Å². The number of halogens is 2. The number of amides is 1. The fraction of sp³-hybridized carbons (Fsp3) is 0.227. The summed E-state index contributed by atoms with van der Waals surface area (Å²) >= 11 is 0. The molecule has 3 aromatic rings. The maximum Gasteiger partial charge on any atom is 0.277 e. The number of hydrogen-bond donors (Lipinski definition) is 2. The van der Waals surface area contributed by atoms with Gasteiger partial charge >= 0.3 is 0 Å². The average molecular weight is 425 g/mol.